The van der Waals surface area contributed by atoms with Crippen LogP contribution in [0.5, 0.6) is 5.75 Å². The molecule has 0 fully saturated rings. The van der Waals surface area contributed by atoms with Crippen LogP contribution in [0.2, 0.25) is 0 Å². The van der Waals surface area contributed by atoms with Gasteiger partial charge in [0, 0.05) is 12.0 Å². The fourth-order valence-electron chi connectivity index (χ4n) is 2.62. The molecule has 5 nitrogen and oxygen atoms in total. The van der Waals surface area contributed by atoms with Crippen molar-refractivity contribution in [2.45, 2.75) is 12.5 Å². The van der Waals surface area contributed by atoms with Gasteiger partial charge in [-0.3, -0.25) is 0 Å². The number of aromatic nitrogens is 3. The molecule has 1 aliphatic rings. The van der Waals surface area contributed by atoms with Crippen LogP contribution in [-0.4, -0.2) is 20.6 Å². The van der Waals surface area contributed by atoms with Gasteiger partial charge in [-0.15, -0.1) is 10.2 Å². The average Bonchev–Trinajstić information content (AvgIpc) is 3.09. The van der Waals surface area contributed by atoms with E-state index in [1.54, 1.807) is 17.3 Å². The van der Waals surface area contributed by atoms with Crippen LogP contribution < -0.4 is 4.74 Å². The number of fused-ring (bicyclic) bond motifs is 1. The molecule has 1 aromatic heterocycles. The first kappa shape index (κ1) is 12.8. The van der Waals surface area contributed by atoms with Gasteiger partial charge < -0.3 is 4.74 Å². The quantitative estimate of drug-likeness (QED) is 0.729. The number of rotatable bonds is 2. The van der Waals surface area contributed by atoms with Gasteiger partial charge in [-0.25, -0.2) is 4.68 Å². The molecule has 0 N–H and O–H groups in total. The molecular formula is C17H14N4O. The highest BCUT2D eigenvalue weighted by molar-refractivity contribution is 6.04. The third-order valence-corrected chi connectivity index (χ3v) is 3.66. The van der Waals surface area contributed by atoms with Crippen molar-refractivity contribution in [3.05, 3.63) is 78.4 Å². The zero-order valence-electron chi connectivity index (χ0n) is 11.8. The SMILES string of the molecule is c1ccc(C2C/C(=N/n3cnnc3)c3ccccc3O2)cc1. The van der Waals surface area contributed by atoms with Crippen LogP contribution >= 0.6 is 0 Å². The number of benzene rings is 2. The Bertz CT molecular complexity index is 797. The van der Waals surface area contributed by atoms with Crippen LogP contribution in [0.15, 0.2) is 72.4 Å². The van der Waals surface area contributed by atoms with Crippen molar-refractivity contribution >= 4 is 5.71 Å². The van der Waals surface area contributed by atoms with E-state index in [2.05, 4.69) is 27.4 Å². The summed E-state index contributed by atoms with van der Waals surface area (Å²) in [6, 6.07) is 18.2. The lowest BCUT2D eigenvalue weighted by molar-refractivity contribution is 0.206. The van der Waals surface area contributed by atoms with Crippen LogP contribution in [0.1, 0.15) is 23.7 Å². The van der Waals surface area contributed by atoms with E-state index < -0.39 is 0 Å². The second kappa shape index (κ2) is 5.44. The molecular weight excluding hydrogens is 276 g/mol. The lowest BCUT2D eigenvalue weighted by Crippen LogP contribution is -2.21. The summed E-state index contributed by atoms with van der Waals surface area (Å²) in [6.07, 6.45) is 3.84. The molecule has 5 heteroatoms. The van der Waals surface area contributed by atoms with Crippen LogP contribution in [0, 0.1) is 0 Å². The maximum Gasteiger partial charge on any atom is 0.141 e. The fraction of sp³-hybridized carbons (Fsp3) is 0.118. The molecule has 2 aromatic carbocycles. The molecule has 0 bridgehead atoms. The average molecular weight is 290 g/mol. The Morgan fingerprint density at radius 3 is 2.50 bits per heavy atom. The predicted molar refractivity (Wildman–Crippen MR) is 82.8 cm³/mol. The summed E-state index contributed by atoms with van der Waals surface area (Å²) in [6.45, 7) is 0. The van der Waals surface area contributed by atoms with E-state index in [0.29, 0.717) is 6.42 Å². The van der Waals surface area contributed by atoms with E-state index in [9.17, 15) is 0 Å². The summed E-state index contributed by atoms with van der Waals surface area (Å²) in [4.78, 5) is 0. The Kier molecular flexibility index (Phi) is 3.16. The summed E-state index contributed by atoms with van der Waals surface area (Å²) < 4.78 is 7.77. The van der Waals surface area contributed by atoms with E-state index in [1.807, 2.05) is 42.5 Å². The second-order valence-electron chi connectivity index (χ2n) is 5.11. The number of hydrogen-bond donors (Lipinski definition) is 0. The molecule has 22 heavy (non-hydrogen) atoms. The highest BCUT2D eigenvalue weighted by Crippen LogP contribution is 2.35. The molecule has 0 saturated carbocycles. The van der Waals surface area contributed by atoms with E-state index in [1.165, 1.54) is 0 Å². The zero-order valence-corrected chi connectivity index (χ0v) is 11.8. The van der Waals surface area contributed by atoms with Crippen LogP contribution in [0.25, 0.3) is 0 Å². The number of nitrogens with zero attached hydrogens (tertiary/aromatic N) is 4. The van der Waals surface area contributed by atoms with E-state index in [4.69, 9.17) is 4.74 Å². The maximum atomic E-state index is 6.15. The third kappa shape index (κ3) is 2.37. The zero-order chi connectivity index (χ0) is 14.8. The summed E-state index contributed by atoms with van der Waals surface area (Å²) in [5.74, 6) is 0.856. The topological polar surface area (TPSA) is 52.3 Å². The van der Waals surface area contributed by atoms with Gasteiger partial charge >= 0.3 is 0 Å². The molecule has 108 valence electrons. The minimum atomic E-state index is -0.0358. The van der Waals surface area contributed by atoms with Crippen molar-refractivity contribution in [1.29, 1.82) is 0 Å². The smallest absolute Gasteiger partial charge is 0.141 e. The fourth-order valence-corrected chi connectivity index (χ4v) is 2.62. The number of para-hydroxylation sites is 1. The maximum absolute atomic E-state index is 6.15. The lowest BCUT2D eigenvalue weighted by Gasteiger charge is -2.27. The van der Waals surface area contributed by atoms with Crippen molar-refractivity contribution in [3.8, 4) is 5.75 Å². The van der Waals surface area contributed by atoms with E-state index in [-0.39, 0.29) is 6.10 Å². The molecule has 1 unspecified atom stereocenters. The summed E-state index contributed by atoms with van der Waals surface area (Å²) in [5, 5.41) is 12.2. The second-order valence-corrected chi connectivity index (χ2v) is 5.11. The number of hydrogen-bond acceptors (Lipinski definition) is 4. The highest BCUT2D eigenvalue weighted by atomic mass is 16.5. The molecule has 2 heterocycles. The minimum Gasteiger partial charge on any atom is -0.485 e. The van der Waals surface area contributed by atoms with Crippen molar-refractivity contribution in [2.75, 3.05) is 0 Å². The standard InChI is InChI=1S/C17H14N4O/c1-2-6-13(7-3-1)17-10-15(20-21-11-18-19-12-21)14-8-4-5-9-16(14)22-17/h1-9,11-12,17H,10H2/b20-15-. The molecule has 0 aliphatic carbocycles. The molecule has 4 rings (SSSR count). The Balaban J connectivity index is 1.77. The van der Waals surface area contributed by atoms with Gasteiger partial charge in [-0.2, -0.15) is 5.10 Å². The monoisotopic (exact) mass is 290 g/mol. The molecule has 0 radical (unpaired) electrons. The Morgan fingerprint density at radius 1 is 0.955 bits per heavy atom. The summed E-state index contributed by atoms with van der Waals surface area (Å²) in [5.41, 5.74) is 3.13. The molecule has 0 amide bonds. The Labute approximate surface area is 127 Å². The van der Waals surface area contributed by atoms with Gasteiger partial charge in [-0.1, -0.05) is 42.5 Å². The normalized spacial score (nSPS) is 18.7. The minimum absolute atomic E-state index is 0.0358. The van der Waals surface area contributed by atoms with E-state index >= 15 is 0 Å². The highest BCUT2D eigenvalue weighted by Gasteiger charge is 2.26. The van der Waals surface area contributed by atoms with Gasteiger partial charge in [0.1, 0.15) is 24.5 Å². The molecule has 1 atom stereocenters. The first-order chi connectivity index (χ1) is 10.9. The largest absolute Gasteiger partial charge is 0.485 e. The Morgan fingerprint density at radius 2 is 1.68 bits per heavy atom. The Hall–Kier alpha value is -2.95. The first-order valence-electron chi connectivity index (χ1n) is 7.13. The van der Waals surface area contributed by atoms with Gasteiger partial charge in [0.25, 0.3) is 0 Å². The van der Waals surface area contributed by atoms with Crippen molar-refractivity contribution in [2.24, 2.45) is 5.10 Å². The van der Waals surface area contributed by atoms with Crippen molar-refractivity contribution < 1.29 is 4.74 Å². The molecule has 3 aromatic rings. The van der Waals surface area contributed by atoms with Gasteiger partial charge in [0.15, 0.2) is 0 Å². The van der Waals surface area contributed by atoms with Crippen LogP contribution in [-0.2, 0) is 0 Å². The van der Waals surface area contributed by atoms with Crippen molar-refractivity contribution in [3.63, 3.8) is 0 Å². The van der Waals surface area contributed by atoms with E-state index in [0.717, 1.165) is 22.6 Å². The molecule has 1 aliphatic heterocycles. The van der Waals surface area contributed by atoms with Gasteiger partial charge in [0.2, 0.25) is 0 Å². The first-order valence-corrected chi connectivity index (χ1v) is 7.13. The molecule has 0 spiro atoms. The number of ether oxygens (including phenoxy) is 1. The predicted octanol–water partition coefficient (Wildman–Crippen LogP) is 3.05. The van der Waals surface area contributed by atoms with Gasteiger partial charge in [0.05, 0.1) is 5.71 Å². The lowest BCUT2D eigenvalue weighted by atomic mass is 9.96. The summed E-state index contributed by atoms with van der Waals surface area (Å²) >= 11 is 0. The third-order valence-electron chi connectivity index (χ3n) is 3.66. The summed E-state index contributed by atoms with van der Waals surface area (Å²) in [7, 11) is 0. The van der Waals surface area contributed by atoms with Crippen molar-refractivity contribution in [1.82, 2.24) is 14.9 Å². The van der Waals surface area contributed by atoms with Crippen LogP contribution in [0.3, 0.4) is 0 Å². The van der Waals surface area contributed by atoms with Crippen LogP contribution in [0.4, 0.5) is 0 Å². The van der Waals surface area contributed by atoms with Gasteiger partial charge in [-0.05, 0) is 17.7 Å². The molecule has 0 saturated heterocycles.